The fourth-order valence-electron chi connectivity index (χ4n) is 2.41. The third-order valence-corrected chi connectivity index (χ3v) is 3.38. The van der Waals surface area contributed by atoms with E-state index in [-0.39, 0.29) is 12.9 Å². The summed E-state index contributed by atoms with van der Waals surface area (Å²) in [7, 11) is 1.61. The van der Waals surface area contributed by atoms with Crippen molar-refractivity contribution in [3.8, 4) is 5.75 Å². The van der Waals surface area contributed by atoms with Gasteiger partial charge in [-0.2, -0.15) is 0 Å². The summed E-state index contributed by atoms with van der Waals surface area (Å²) in [5.41, 5.74) is 1.26. The first-order valence-electron chi connectivity index (χ1n) is 6.18. The van der Waals surface area contributed by atoms with Gasteiger partial charge in [0.15, 0.2) is 6.79 Å². The molecule has 17 heavy (non-hydrogen) atoms. The first-order valence-corrected chi connectivity index (χ1v) is 6.18. The van der Waals surface area contributed by atoms with Gasteiger partial charge in [0.05, 0.1) is 6.10 Å². The van der Waals surface area contributed by atoms with Gasteiger partial charge in [-0.3, -0.25) is 0 Å². The molecule has 1 N–H and O–H groups in total. The van der Waals surface area contributed by atoms with E-state index in [1.807, 2.05) is 12.1 Å². The predicted octanol–water partition coefficient (Wildman–Crippen LogP) is 2.37. The average Bonchev–Trinajstić information content (AvgIpc) is 2.74. The number of methoxy groups -OCH3 is 1. The van der Waals surface area contributed by atoms with Gasteiger partial charge in [-0.05, 0) is 42.9 Å². The molecule has 0 radical (unpaired) electrons. The molecular weight excluding hydrogens is 216 g/mol. The molecule has 2 atom stereocenters. The van der Waals surface area contributed by atoms with Gasteiger partial charge in [0, 0.05) is 7.11 Å². The fourth-order valence-corrected chi connectivity index (χ4v) is 2.41. The van der Waals surface area contributed by atoms with Crippen molar-refractivity contribution in [2.24, 2.45) is 5.92 Å². The zero-order valence-electron chi connectivity index (χ0n) is 10.3. The molecule has 1 saturated carbocycles. The quantitative estimate of drug-likeness (QED) is 0.798. The maximum absolute atomic E-state index is 9.78. The third-order valence-electron chi connectivity index (χ3n) is 3.38. The van der Waals surface area contributed by atoms with Gasteiger partial charge in [0.1, 0.15) is 5.75 Å². The second kappa shape index (κ2) is 6.03. The van der Waals surface area contributed by atoms with Gasteiger partial charge in [-0.1, -0.05) is 18.6 Å². The number of ether oxygens (including phenoxy) is 2. The molecule has 1 fully saturated rings. The van der Waals surface area contributed by atoms with Gasteiger partial charge in [-0.25, -0.2) is 0 Å². The number of benzene rings is 1. The van der Waals surface area contributed by atoms with Crippen LogP contribution in [0.3, 0.4) is 0 Å². The zero-order valence-corrected chi connectivity index (χ0v) is 10.3. The lowest BCUT2D eigenvalue weighted by Crippen LogP contribution is -2.15. The van der Waals surface area contributed by atoms with Gasteiger partial charge >= 0.3 is 0 Å². The molecule has 0 unspecified atom stereocenters. The highest BCUT2D eigenvalue weighted by Crippen LogP contribution is 2.29. The van der Waals surface area contributed by atoms with E-state index in [1.54, 1.807) is 7.11 Å². The van der Waals surface area contributed by atoms with Crippen LogP contribution < -0.4 is 4.74 Å². The van der Waals surface area contributed by atoms with Crippen LogP contribution >= 0.6 is 0 Å². The summed E-state index contributed by atoms with van der Waals surface area (Å²) in [6.45, 7) is 0.278. The minimum Gasteiger partial charge on any atom is -0.468 e. The second-order valence-corrected chi connectivity index (χ2v) is 4.66. The summed E-state index contributed by atoms with van der Waals surface area (Å²) < 4.78 is 10.2. The number of hydrogen-bond acceptors (Lipinski definition) is 3. The standard InChI is InChI=1S/C14H20O3/c1-16-10-17-13-7-5-11(6-8-13)9-12-3-2-4-14(12)15/h5-8,12,14-15H,2-4,9-10H2,1H3/t12-,14+/m0/s1. The summed E-state index contributed by atoms with van der Waals surface area (Å²) in [5, 5.41) is 9.78. The van der Waals surface area contributed by atoms with Crippen LogP contribution in [0.5, 0.6) is 5.75 Å². The van der Waals surface area contributed by atoms with Crippen molar-refractivity contribution in [2.45, 2.75) is 31.8 Å². The van der Waals surface area contributed by atoms with Crippen LogP contribution in [0, 0.1) is 5.92 Å². The molecule has 0 amide bonds. The molecular formula is C14H20O3. The van der Waals surface area contributed by atoms with Crippen molar-refractivity contribution in [3.05, 3.63) is 29.8 Å². The topological polar surface area (TPSA) is 38.7 Å². The smallest absolute Gasteiger partial charge is 0.188 e. The molecule has 0 heterocycles. The summed E-state index contributed by atoms with van der Waals surface area (Å²) in [5.74, 6) is 1.25. The average molecular weight is 236 g/mol. The Bertz CT molecular complexity index is 334. The van der Waals surface area contributed by atoms with Crippen LogP contribution in [0.2, 0.25) is 0 Å². The van der Waals surface area contributed by atoms with Crippen molar-refractivity contribution in [2.75, 3.05) is 13.9 Å². The molecule has 1 aliphatic carbocycles. The second-order valence-electron chi connectivity index (χ2n) is 4.66. The zero-order chi connectivity index (χ0) is 12.1. The number of hydrogen-bond donors (Lipinski definition) is 1. The van der Waals surface area contributed by atoms with E-state index in [0.29, 0.717) is 5.92 Å². The van der Waals surface area contributed by atoms with Crippen LogP contribution in [-0.2, 0) is 11.2 Å². The fraction of sp³-hybridized carbons (Fsp3) is 0.571. The van der Waals surface area contributed by atoms with Crippen molar-refractivity contribution >= 4 is 0 Å². The highest BCUT2D eigenvalue weighted by molar-refractivity contribution is 5.27. The van der Waals surface area contributed by atoms with Crippen LogP contribution in [0.15, 0.2) is 24.3 Å². The van der Waals surface area contributed by atoms with Crippen molar-refractivity contribution in [1.82, 2.24) is 0 Å². The van der Waals surface area contributed by atoms with Gasteiger partial charge in [0.25, 0.3) is 0 Å². The monoisotopic (exact) mass is 236 g/mol. The van der Waals surface area contributed by atoms with E-state index >= 15 is 0 Å². The number of rotatable bonds is 5. The number of aliphatic hydroxyl groups excluding tert-OH is 1. The Morgan fingerprint density at radius 2 is 2.00 bits per heavy atom. The van der Waals surface area contributed by atoms with Crippen molar-refractivity contribution in [3.63, 3.8) is 0 Å². The first kappa shape index (κ1) is 12.4. The Labute approximate surface area is 102 Å². The predicted molar refractivity (Wildman–Crippen MR) is 66.0 cm³/mol. The first-order chi connectivity index (χ1) is 8.29. The van der Waals surface area contributed by atoms with Crippen molar-refractivity contribution < 1.29 is 14.6 Å². The van der Waals surface area contributed by atoms with Crippen LogP contribution in [-0.4, -0.2) is 25.1 Å². The number of aliphatic hydroxyl groups is 1. The highest BCUT2D eigenvalue weighted by atomic mass is 16.7. The van der Waals surface area contributed by atoms with E-state index < -0.39 is 0 Å². The van der Waals surface area contributed by atoms with Crippen LogP contribution in [0.25, 0.3) is 0 Å². The molecule has 3 nitrogen and oxygen atoms in total. The van der Waals surface area contributed by atoms with Gasteiger partial charge in [-0.15, -0.1) is 0 Å². The summed E-state index contributed by atoms with van der Waals surface area (Å²) in [6, 6.07) is 8.04. The Balaban J connectivity index is 1.89. The molecule has 1 aliphatic rings. The van der Waals surface area contributed by atoms with E-state index in [4.69, 9.17) is 9.47 Å². The maximum Gasteiger partial charge on any atom is 0.188 e. The lowest BCUT2D eigenvalue weighted by Gasteiger charge is -2.14. The molecule has 2 rings (SSSR count). The molecule has 1 aromatic carbocycles. The highest BCUT2D eigenvalue weighted by Gasteiger charge is 2.24. The molecule has 3 heteroatoms. The molecule has 1 aromatic rings. The normalized spacial score (nSPS) is 23.9. The molecule has 94 valence electrons. The minimum atomic E-state index is -0.112. The Morgan fingerprint density at radius 3 is 2.59 bits per heavy atom. The van der Waals surface area contributed by atoms with Crippen LogP contribution in [0.4, 0.5) is 0 Å². The van der Waals surface area contributed by atoms with E-state index in [0.717, 1.165) is 31.4 Å². The minimum absolute atomic E-state index is 0.112. The molecule has 0 bridgehead atoms. The Kier molecular flexibility index (Phi) is 4.40. The maximum atomic E-state index is 9.78. The summed E-state index contributed by atoms with van der Waals surface area (Å²) in [6.07, 6.45) is 4.11. The lowest BCUT2D eigenvalue weighted by atomic mass is 9.96. The van der Waals surface area contributed by atoms with Gasteiger partial charge in [0.2, 0.25) is 0 Å². The van der Waals surface area contributed by atoms with E-state index in [1.165, 1.54) is 5.56 Å². The molecule has 0 aromatic heterocycles. The molecule has 0 aliphatic heterocycles. The Hall–Kier alpha value is -1.06. The third kappa shape index (κ3) is 3.45. The largest absolute Gasteiger partial charge is 0.468 e. The Morgan fingerprint density at radius 1 is 1.24 bits per heavy atom. The van der Waals surface area contributed by atoms with E-state index in [2.05, 4.69) is 12.1 Å². The SMILES string of the molecule is COCOc1ccc(C[C@@H]2CCC[C@H]2O)cc1. The van der Waals surface area contributed by atoms with Gasteiger partial charge < -0.3 is 14.6 Å². The molecule has 0 saturated heterocycles. The van der Waals surface area contributed by atoms with Crippen molar-refractivity contribution in [1.29, 1.82) is 0 Å². The summed E-state index contributed by atoms with van der Waals surface area (Å²) >= 11 is 0. The van der Waals surface area contributed by atoms with Crippen LogP contribution in [0.1, 0.15) is 24.8 Å². The molecule has 0 spiro atoms. The summed E-state index contributed by atoms with van der Waals surface area (Å²) in [4.78, 5) is 0. The lowest BCUT2D eigenvalue weighted by molar-refractivity contribution is 0.0511. The van der Waals surface area contributed by atoms with E-state index in [9.17, 15) is 5.11 Å².